The first-order chi connectivity index (χ1) is 10.2. The Labute approximate surface area is 123 Å². The van der Waals surface area contributed by atoms with Gasteiger partial charge in [0.15, 0.2) is 0 Å². The number of rotatable bonds is 4. The van der Waals surface area contributed by atoms with E-state index in [4.69, 9.17) is 0 Å². The topological polar surface area (TPSA) is 88.5 Å². The number of H-pyrrole nitrogens is 1. The van der Waals surface area contributed by atoms with Crippen LogP contribution in [0.4, 0.5) is 13.2 Å². The molecule has 0 saturated carbocycles. The predicted octanol–water partition coefficient (Wildman–Crippen LogP) is 1.84. The van der Waals surface area contributed by atoms with Crippen molar-refractivity contribution in [2.45, 2.75) is 39.5 Å². The molecular formula is C12H15F3N6O. The molecular weight excluding hydrogens is 301 g/mol. The zero-order chi connectivity index (χ0) is 16.5. The van der Waals surface area contributed by atoms with Crippen LogP contribution in [0.3, 0.4) is 0 Å². The fourth-order valence-corrected chi connectivity index (χ4v) is 1.88. The van der Waals surface area contributed by atoms with Crippen molar-refractivity contribution in [1.29, 1.82) is 0 Å². The molecule has 0 aliphatic rings. The third-order valence-corrected chi connectivity index (χ3v) is 2.85. The van der Waals surface area contributed by atoms with Crippen molar-refractivity contribution in [3.05, 3.63) is 29.1 Å². The quantitative estimate of drug-likeness (QED) is 0.901. The largest absolute Gasteiger partial charge is 0.453 e. The third kappa shape index (κ3) is 3.43. The standard InChI is InChI=1S/C12H15F3N6O/c1-6(2)21-7(3)4-8(20-21)10(22)16-5-9-17-11(19-18-9)12(13,14)15/h4,6H,5H2,1-3H3,(H,16,22)(H,17,18,19). The lowest BCUT2D eigenvalue weighted by Crippen LogP contribution is -2.24. The molecule has 7 nitrogen and oxygen atoms in total. The summed E-state index contributed by atoms with van der Waals surface area (Å²) in [5.74, 6) is -1.84. The van der Waals surface area contributed by atoms with Gasteiger partial charge in [0.05, 0.1) is 6.54 Å². The molecule has 2 N–H and O–H groups in total. The van der Waals surface area contributed by atoms with E-state index in [0.29, 0.717) is 0 Å². The Kier molecular flexibility index (Phi) is 4.20. The summed E-state index contributed by atoms with van der Waals surface area (Å²) in [5, 5.41) is 11.8. The van der Waals surface area contributed by atoms with Gasteiger partial charge in [-0.2, -0.15) is 18.3 Å². The van der Waals surface area contributed by atoms with Crippen molar-refractivity contribution in [1.82, 2.24) is 30.3 Å². The first-order valence-electron chi connectivity index (χ1n) is 6.51. The minimum Gasteiger partial charge on any atom is -0.343 e. The lowest BCUT2D eigenvalue weighted by molar-refractivity contribution is -0.144. The zero-order valence-electron chi connectivity index (χ0n) is 12.2. The molecule has 0 unspecified atom stereocenters. The van der Waals surface area contributed by atoms with Gasteiger partial charge < -0.3 is 5.32 Å². The molecule has 0 aliphatic carbocycles. The maximum atomic E-state index is 12.3. The van der Waals surface area contributed by atoms with E-state index in [9.17, 15) is 18.0 Å². The van der Waals surface area contributed by atoms with E-state index in [2.05, 4.69) is 25.6 Å². The number of nitrogens with one attached hydrogen (secondary N) is 2. The molecule has 0 spiro atoms. The van der Waals surface area contributed by atoms with E-state index < -0.39 is 17.9 Å². The van der Waals surface area contributed by atoms with Gasteiger partial charge in [0, 0.05) is 11.7 Å². The van der Waals surface area contributed by atoms with Gasteiger partial charge in [0.2, 0.25) is 0 Å². The minimum atomic E-state index is -4.62. The predicted molar refractivity (Wildman–Crippen MR) is 69.9 cm³/mol. The van der Waals surface area contributed by atoms with Gasteiger partial charge in [-0.05, 0) is 26.8 Å². The van der Waals surface area contributed by atoms with Crippen LogP contribution in [0.15, 0.2) is 6.07 Å². The highest BCUT2D eigenvalue weighted by molar-refractivity contribution is 5.92. The van der Waals surface area contributed by atoms with Crippen LogP contribution in [-0.2, 0) is 12.7 Å². The fraction of sp³-hybridized carbons (Fsp3) is 0.500. The summed E-state index contributed by atoms with van der Waals surface area (Å²) in [7, 11) is 0. The number of aromatic amines is 1. The number of nitrogens with zero attached hydrogens (tertiary/aromatic N) is 4. The third-order valence-electron chi connectivity index (χ3n) is 2.85. The maximum absolute atomic E-state index is 12.3. The number of carbonyl (C=O) groups excluding carboxylic acids is 1. The smallest absolute Gasteiger partial charge is 0.343 e. The lowest BCUT2D eigenvalue weighted by Gasteiger charge is -2.06. The van der Waals surface area contributed by atoms with Gasteiger partial charge in [-0.15, -0.1) is 5.10 Å². The summed E-state index contributed by atoms with van der Waals surface area (Å²) in [6.45, 7) is 5.47. The van der Waals surface area contributed by atoms with Crippen molar-refractivity contribution >= 4 is 5.91 Å². The SMILES string of the molecule is Cc1cc(C(=O)NCc2nc(C(F)(F)F)n[nH]2)nn1C(C)C. The molecule has 0 fully saturated rings. The average Bonchev–Trinajstić information content (AvgIpc) is 3.01. The highest BCUT2D eigenvalue weighted by atomic mass is 19.4. The molecule has 0 bridgehead atoms. The van der Waals surface area contributed by atoms with E-state index in [1.807, 2.05) is 20.8 Å². The van der Waals surface area contributed by atoms with Gasteiger partial charge >= 0.3 is 6.18 Å². The summed E-state index contributed by atoms with van der Waals surface area (Å²) in [5.41, 5.74) is 1.01. The van der Waals surface area contributed by atoms with E-state index in [-0.39, 0.29) is 24.1 Å². The number of amides is 1. The van der Waals surface area contributed by atoms with Crippen LogP contribution in [0.1, 0.15) is 47.7 Å². The fourth-order valence-electron chi connectivity index (χ4n) is 1.88. The molecule has 0 radical (unpaired) electrons. The van der Waals surface area contributed by atoms with Crippen molar-refractivity contribution in [2.75, 3.05) is 0 Å². The Balaban J connectivity index is 2.01. The van der Waals surface area contributed by atoms with Crippen molar-refractivity contribution in [3.8, 4) is 0 Å². The van der Waals surface area contributed by atoms with E-state index >= 15 is 0 Å². The molecule has 120 valence electrons. The second-order valence-electron chi connectivity index (χ2n) is 5.00. The second-order valence-corrected chi connectivity index (χ2v) is 5.00. The highest BCUT2D eigenvalue weighted by Gasteiger charge is 2.36. The van der Waals surface area contributed by atoms with Crippen LogP contribution in [-0.4, -0.2) is 30.9 Å². The van der Waals surface area contributed by atoms with Crippen molar-refractivity contribution < 1.29 is 18.0 Å². The van der Waals surface area contributed by atoms with Crippen LogP contribution in [0, 0.1) is 6.92 Å². The van der Waals surface area contributed by atoms with Crippen LogP contribution in [0.2, 0.25) is 0 Å². The van der Waals surface area contributed by atoms with Crippen LogP contribution < -0.4 is 5.32 Å². The number of halogens is 3. The Bertz CT molecular complexity index is 673. The monoisotopic (exact) mass is 316 g/mol. The lowest BCUT2D eigenvalue weighted by atomic mass is 10.3. The summed E-state index contributed by atoms with van der Waals surface area (Å²) in [4.78, 5) is 15.2. The second kappa shape index (κ2) is 5.78. The zero-order valence-corrected chi connectivity index (χ0v) is 12.2. The normalized spacial score (nSPS) is 12.0. The van der Waals surface area contributed by atoms with Crippen LogP contribution in [0.5, 0.6) is 0 Å². The molecule has 2 rings (SSSR count). The summed E-state index contributed by atoms with van der Waals surface area (Å²) in [6.07, 6.45) is -4.62. The molecule has 2 aromatic heterocycles. The molecule has 0 saturated heterocycles. The number of hydrogen-bond acceptors (Lipinski definition) is 4. The van der Waals surface area contributed by atoms with Crippen LogP contribution in [0.25, 0.3) is 0 Å². The molecule has 0 aliphatic heterocycles. The highest BCUT2D eigenvalue weighted by Crippen LogP contribution is 2.25. The van der Waals surface area contributed by atoms with Gasteiger partial charge in [0.25, 0.3) is 11.7 Å². The van der Waals surface area contributed by atoms with Gasteiger partial charge in [-0.1, -0.05) is 0 Å². The number of aryl methyl sites for hydroxylation is 1. The Morgan fingerprint density at radius 1 is 1.45 bits per heavy atom. The Morgan fingerprint density at radius 3 is 2.64 bits per heavy atom. The molecule has 1 amide bonds. The van der Waals surface area contributed by atoms with E-state index in [1.54, 1.807) is 10.7 Å². The van der Waals surface area contributed by atoms with E-state index in [0.717, 1.165) is 5.69 Å². The van der Waals surface area contributed by atoms with Gasteiger partial charge in [-0.25, -0.2) is 4.98 Å². The number of carbonyl (C=O) groups is 1. The number of hydrogen-bond donors (Lipinski definition) is 2. The average molecular weight is 316 g/mol. The maximum Gasteiger partial charge on any atom is 0.453 e. The minimum absolute atomic E-state index is 0.0827. The first-order valence-corrected chi connectivity index (χ1v) is 6.51. The molecule has 2 heterocycles. The first kappa shape index (κ1) is 16.0. The molecule has 22 heavy (non-hydrogen) atoms. The van der Waals surface area contributed by atoms with Crippen molar-refractivity contribution in [3.63, 3.8) is 0 Å². The van der Waals surface area contributed by atoms with Crippen molar-refractivity contribution in [2.24, 2.45) is 0 Å². The summed E-state index contributed by atoms with van der Waals surface area (Å²) >= 11 is 0. The Hall–Kier alpha value is -2.39. The number of aromatic nitrogens is 5. The summed E-state index contributed by atoms with van der Waals surface area (Å²) in [6, 6.07) is 1.71. The van der Waals surface area contributed by atoms with Gasteiger partial charge in [0.1, 0.15) is 11.5 Å². The summed E-state index contributed by atoms with van der Waals surface area (Å²) < 4.78 is 38.7. The van der Waals surface area contributed by atoms with E-state index in [1.165, 1.54) is 0 Å². The molecule has 0 aromatic carbocycles. The molecule has 10 heteroatoms. The Morgan fingerprint density at radius 2 is 2.14 bits per heavy atom. The molecule has 2 aromatic rings. The molecule has 0 atom stereocenters. The van der Waals surface area contributed by atoms with Crippen LogP contribution >= 0.6 is 0 Å². The van der Waals surface area contributed by atoms with Gasteiger partial charge in [-0.3, -0.25) is 14.6 Å². The number of alkyl halides is 3.